The van der Waals surface area contributed by atoms with E-state index >= 15 is 0 Å². The maximum atomic E-state index is 12.8. The average Bonchev–Trinajstić information content (AvgIpc) is 3.50. The average molecular weight is 575 g/mol. The van der Waals surface area contributed by atoms with Gasteiger partial charge in [0.25, 0.3) is 5.91 Å². The number of amidine groups is 1. The molecular weight excluding hydrogens is 536 g/mol. The van der Waals surface area contributed by atoms with Gasteiger partial charge < -0.3 is 30.7 Å². The second-order valence-corrected chi connectivity index (χ2v) is 10.6. The number of urea groups is 1. The number of rotatable bonds is 9. The number of ether oxygens (including phenoxy) is 1. The first kappa shape index (κ1) is 29.2. The number of nitrogens with one attached hydrogen (secondary N) is 3. The lowest BCUT2D eigenvalue weighted by Gasteiger charge is -2.28. The van der Waals surface area contributed by atoms with Crippen molar-refractivity contribution in [2.24, 2.45) is 10.9 Å². The quantitative estimate of drug-likeness (QED) is 0.338. The molecule has 3 aliphatic rings. The number of benzene rings is 1. The van der Waals surface area contributed by atoms with Crippen LogP contribution in [0.5, 0.6) is 0 Å². The Kier molecular flexibility index (Phi) is 9.15. The number of aliphatic hydroxyl groups is 1. The van der Waals surface area contributed by atoms with Gasteiger partial charge in [-0.3, -0.25) is 9.69 Å². The van der Waals surface area contributed by atoms with Crippen LogP contribution in [0.4, 0.5) is 22.0 Å². The smallest absolute Gasteiger partial charge is 0.319 e. The Bertz CT molecular complexity index is 1380. The van der Waals surface area contributed by atoms with Crippen LogP contribution in [0.1, 0.15) is 36.2 Å². The molecule has 3 aliphatic heterocycles. The lowest BCUT2D eigenvalue weighted by atomic mass is 10.0. The van der Waals surface area contributed by atoms with Crippen molar-refractivity contribution in [1.82, 2.24) is 20.1 Å². The number of aliphatic imine (C=N–C) groups is 1. The number of aromatic nitrogens is 1. The standard InChI is InChI=1S/C30H38N8O4/c1-4-20(2)25(18-39)35-30(41)34-23-6-5-7-26(21(23)3)38-17-24(28-31-10-11-37(28)19-38)33-27-9-8-22(16-32-27)29(40)36-12-14-42-15-13-36/h5-11,16-17,20,25,39H,4,12-15,18-19H2,1-3H3,(H,32,33)(H2,34,35,41)/q+1/t20-,25+/m0/s1. The molecule has 1 fully saturated rings. The summed E-state index contributed by atoms with van der Waals surface area (Å²) >= 11 is 0. The SMILES string of the molecule is CC[C@H](C)[C@@H](CO)NC(=O)Nc1cccc(N2C=C(Nc3ccc(C(=O)N4CCOCC4)cn3)C3=NC=C[N+]3C2)c1C. The molecule has 1 saturated heterocycles. The van der Waals surface area contributed by atoms with Crippen molar-refractivity contribution in [3.63, 3.8) is 0 Å². The van der Waals surface area contributed by atoms with Crippen LogP contribution in [0, 0.1) is 12.8 Å². The molecule has 0 bridgehead atoms. The summed E-state index contributed by atoms with van der Waals surface area (Å²) < 4.78 is 5.35. The highest BCUT2D eigenvalue weighted by Gasteiger charge is 2.37. The van der Waals surface area contributed by atoms with E-state index in [1.54, 1.807) is 29.4 Å². The molecule has 0 aliphatic carbocycles. The molecule has 12 heteroatoms. The Morgan fingerprint density at radius 2 is 2.00 bits per heavy atom. The second kappa shape index (κ2) is 13.1. The highest BCUT2D eigenvalue weighted by atomic mass is 16.5. The van der Waals surface area contributed by atoms with E-state index in [2.05, 4.69) is 30.8 Å². The first-order chi connectivity index (χ1) is 20.4. The largest absolute Gasteiger partial charge is 0.394 e. The molecule has 1 radical (unpaired) electrons. The van der Waals surface area contributed by atoms with Crippen molar-refractivity contribution in [2.75, 3.05) is 55.1 Å². The number of morpholine rings is 1. The zero-order valence-electron chi connectivity index (χ0n) is 24.2. The fraction of sp³-hybridized carbons (Fsp3) is 0.400. The highest BCUT2D eigenvalue weighted by Crippen LogP contribution is 2.30. The van der Waals surface area contributed by atoms with E-state index in [4.69, 9.17) is 4.74 Å². The van der Waals surface area contributed by atoms with Crippen LogP contribution in [0.25, 0.3) is 0 Å². The number of fused-ring (bicyclic) bond motifs is 1. The zero-order chi connectivity index (χ0) is 29.6. The minimum atomic E-state index is -0.357. The van der Waals surface area contributed by atoms with E-state index in [1.165, 1.54) is 0 Å². The summed E-state index contributed by atoms with van der Waals surface area (Å²) in [6, 6.07) is 8.62. The summed E-state index contributed by atoms with van der Waals surface area (Å²) in [6.45, 7) is 8.63. The maximum absolute atomic E-state index is 12.8. The molecule has 0 unspecified atom stereocenters. The Balaban J connectivity index is 1.32. The van der Waals surface area contributed by atoms with E-state index in [9.17, 15) is 14.7 Å². The van der Waals surface area contributed by atoms with Crippen LogP contribution < -0.4 is 25.8 Å². The first-order valence-electron chi connectivity index (χ1n) is 14.3. The molecule has 42 heavy (non-hydrogen) atoms. The van der Waals surface area contributed by atoms with Crippen molar-refractivity contribution in [3.8, 4) is 0 Å². The lowest BCUT2D eigenvalue weighted by Crippen LogP contribution is -2.46. The third-order valence-electron chi connectivity index (χ3n) is 7.82. The van der Waals surface area contributed by atoms with Crippen LogP contribution in [-0.4, -0.2) is 78.4 Å². The minimum Gasteiger partial charge on any atom is -0.394 e. The number of hydrogen-bond donors (Lipinski definition) is 4. The van der Waals surface area contributed by atoms with Crippen molar-refractivity contribution in [3.05, 3.63) is 72.0 Å². The number of anilines is 3. The van der Waals surface area contributed by atoms with Crippen molar-refractivity contribution in [2.45, 2.75) is 33.2 Å². The van der Waals surface area contributed by atoms with Gasteiger partial charge in [-0.05, 0) is 42.7 Å². The Labute approximate surface area is 245 Å². The third kappa shape index (κ3) is 6.46. The fourth-order valence-electron chi connectivity index (χ4n) is 5.05. The number of amides is 3. The molecular formula is C30H38N8O4+. The summed E-state index contributed by atoms with van der Waals surface area (Å²) in [4.78, 5) is 40.5. The number of carbonyl (C=O) groups excluding carboxylic acids is 2. The first-order valence-corrected chi connectivity index (χ1v) is 14.3. The van der Waals surface area contributed by atoms with Gasteiger partial charge in [0.1, 0.15) is 11.5 Å². The molecule has 1 aromatic heterocycles. The van der Waals surface area contributed by atoms with Crippen LogP contribution in [0.3, 0.4) is 0 Å². The predicted octanol–water partition coefficient (Wildman–Crippen LogP) is 3.15. The number of aliphatic hydroxyl groups excluding tert-OH is 1. The molecule has 3 amide bonds. The van der Waals surface area contributed by atoms with E-state index < -0.39 is 0 Å². The number of hydrogen-bond acceptors (Lipinski definition) is 9. The number of pyridine rings is 1. The minimum absolute atomic E-state index is 0.0552. The van der Waals surface area contributed by atoms with Gasteiger partial charge in [-0.25, -0.2) is 9.78 Å². The Morgan fingerprint density at radius 3 is 2.71 bits per heavy atom. The molecule has 12 nitrogen and oxygen atoms in total. The molecule has 0 saturated carbocycles. The van der Waals surface area contributed by atoms with Crippen molar-refractivity contribution >= 4 is 35.0 Å². The summed E-state index contributed by atoms with van der Waals surface area (Å²) in [5.41, 5.74) is 3.74. The Hall–Kier alpha value is -4.26. The van der Waals surface area contributed by atoms with Crippen LogP contribution >= 0.6 is 0 Å². The van der Waals surface area contributed by atoms with Gasteiger partial charge in [0.05, 0.1) is 43.3 Å². The topological polar surface area (TPSA) is 137 Å². The second-order valence-electron chi connectivity index (χ2n) is 10.6. The normalized spacial score (nSPS) is 18.1. The molecule has 2 atom stereocenters. The van der Waals surface area contributed by atoms with Crippen LogP contribution in [0.2, 0.25) is 0 Å². The molecule has 1 aromatic carbocycles. The fourth-order valence-corrected chi connectivity index (χ4v) is 5.05. The molecule has 0 spiro atoms. The highest BCUT2D eigenvalue weighted by molar-refractivity contribution is 6.06. The maximum Gasteiger partial charge on any atom is 0.319 e. The number of nitrogens with zero attached hydrogens (tertiary/aromatic N) is 5. The van der Waals surface area contributed by atoms with Gasteiger partial charge in [0, 0.05) is 31.2 Å². The number of carbonyl (C=O) groups is 2. The monoisotopic (exact) mass is 574 g/mol. The van der Waals surface area contributed by atoms with Gasteiger partial charge in [0.15, 0.2) is 6.20 Å². The molecule has 2 aromatic rings. The summed E-state index contributed by atoms with van der Waals surface area (Å²) in [5.74, 6) is 1.44. The van der Waals surface area contributed by atoms with E-state index in [0.717, 1.165) is 29.2 Å². The summed E-state index contributed by atoms with van der Waals surface area (Å²) in [7, 11) is 0. The van der Waals surface area contributed by atoms with Gasteiger partial charge in [-0.15, -0.1) is 0 Å². The van der Waals surface area contributed by atoms with E-state index in [0.29, 0.717) is 50.0 Å². The van der Waals surface area contributed by atoms with Crippen LogP contribution in [-0.2, 0) is 4.74 Å². The molecule has 4 N–H and O–H groups in total. The Morgan fingerprint density at radius 1 is 1.19 bits per heavy atom. The summed E-state index contributed by atoms with van der Waals surface area (Å²) in [5, 5.41) is 18.9. The predicted molar refractivity (Wildman–Crippen MR) is 162 cm³/mol. The van der Waals surface area contributed by atoms with Crippen molar-refractivity contribution in [1.29, 1.82) is 0 Å². The van der Waals surface area contributed by atoms with E-state index in [-0.39, 0.29) is 30.5 Å². The molecule has 4 heterocycles. The summed E-state index contributed by atoms with van der Waals surface area (Å²) in [6.07, 6.45) is 8.05. The molecule has 221 valence electrons. The molecule has 5 rings (SSSR count). The lowest BCUT2D eigenvalue weighted by molar-refractivity contribution is 0.0302. The van der Waals surface area contributed by atoms with Gasteiger partial charge in [-0.1, -0.05) is 31.2 Å². The van der Waals surface area contributed by atoms with Gasteiger partial charge >= 0.3 is 11.9 Å². The van der Waals surface area contributed by atoms with E-state index in [1.807, 2.05) is 56.3 Å². The zero-order valence-corrected chi connectivity index (χ0v) is 24.2. The van der Waals surface area contributed by atoms with Gasteiger partial charge in [-0.2, -0.15) is 4.99 Å². The third-order valence-corrected chi connectivity index (χ3v) is 7.82. The van der Waals surface area contributed by atoms with Crippen molar-refractivity contribution < 1.29 is 19.4 Å². The van der Waals surface area contributed by atoms with Gasteiger partial charge in [0.2, 0.25) is 6.67 Å². The van der Waals surface area contributed by atoms with Crippen LogP contribution in [0.15, 0.2) is 65.8 Å².